The molecule has 5 nitrogen and oxygen atoms in total. The number of aryl methyl sites for hydroxylation is 1. The van der Waals surface area contributed by atoms with Crippen molar-refractivity contribution in [1.29, 1.82) is 0 Å². The molecule has 4 rings (SSSR count). The lowest BCUT2D eigenvalue weighted by atomic mass is 9.82. The zero-order chi connectivity index (χ0) is 22.0. The molecule has 1 atom stereocenters. The van der Waals surface area contributed by atoms with Crippen LogP contribution in [0.3, 0.4) is 0 Å². The first kappa shape index (κ1) is 21.1. The van der Waals surface area contributed by atoms with E-state index in [-0.39, 0.29) is 11.7 Å². The second-order valence-corrected chi connectivity index (χ2v) is 8.41. The molecule has 1 aromatic heterocycles. The summed E-state index contributed by atoms with van der Waals surface area (Å²) >= 11 is 0. The number of carbonyl (C=O) groups excluding carboxylic acids is 1. The molecule has 1 aliphatic rings. The lowest BCUT2D eigenvalue weighted by Crippen LogP contribution is -2.49. The number of rotatable bonds is 4. The molecule has 0 radical (unpaired) electrons. The Morgan fingerprint density at radius 3 is 2.61 bits per heavy atom. The third-order valence-corrected chi connectivity index (χ3v) is 5.79. The number of morpholine rings is 1. The van der Waals surface area contributed by atoms with Crippen molar-refractivity contribution in [3.8, 4) is 11.3 Å². The smallest absolute Gasteiger partial charge is 0.232 e. The highest BCUT2D eigenvalue weighted by atomic mass is 19.1. The molecular weight excluding hydrogens is 393 g/mol. The van der Waals surface area contributed by atoms with E-state index in [1.165, 1.54) is 12.3 Å². The summed E-state index contributed by atoms with van der Waals surface area (Å²) < 4.78 is 20.1. The first-order valence-corrected chi connectivity index (χ1v) is 10.4. The molecule has 2 heterocycles. The van der Waals surface area contributed by atoms with Gasteiger partial charge >= 0.3 is 0 Å². The van der Waals surface area contributed by atoms with Crippen LogP contribution in [0.2, 0.25) is 0 Å². The number of ether oxygens (including phenoxy) is 1. The van der Waals surface area contributed by atoms with E-state index in [1.807, 2.05) is 49.9 Å². The van der Waals surface area contributed by atoms with Crippen molar-refractivity contribution in [2.75, 3.05) is 19.7 Å². The summed E-state index contributed by atoms with van der Waals surface area (Å²) in [4.78, 5) is 24.0. The Balaban J connectivity index is 1.55. The van der Waals surface area contributed by atoms with Crippen LogP contribution in [0.5, 0.6) is 0 Å². The van der Waals surface area contributed by atoms with E-state index in [1.54, 1.807) is 24.4 Å². The first-order chi connectivity index (χ1) is 14.9. The van der Waals surface area contributed by atoms with Crippen LogP contribution in [0.15, 0.2) is 60.9 Å². The minimum atomic E-state index is -0.656. The fraction of sp³-hybridized carbons (Fsp3) is 0.320. The number of aromatic nitrogens is 2. The third kappa shape index (κ3) is 4.35. The van der Waals surface area contributed by atoms with Crippen LogP contribution in [0, 0.1) is 12.7 Å². The van der Waals surface area contributed by atoms with Crippen molar-refractivity contribution in [2.24, 2.45) is 0 Å². The van der Waals surface area contributed by atoms with Crippen LogP contribution in [0.1, 0.15) is 36.8 Å². The van der Waals surface area contributed by atoms with Gasteiger partial charge in [0.15, 0.2) is 0 Å². The third-order valence-electron chi connectivity index (χ3n) is 5.79. The molecule has 0 spiro atoms. The molecule has 2 aromatic carbocycles. The minimum Gasteiger partial charge on any atom is -0.368 e. The summed E-state index contributed by atoms with van der Waals surface area (Å²) in [6.07, 6.45) is 2.74. The maximum Gasteiger partial charge on any atom is 0.232 e. The molecule has 1 fully saturated rings. The van der Waals surface area contributed by atoms with E-state index in [0.717, 1.165) is 11.1 Å². The maximum absolute atomic E-state index is 14.2. The molecule has 3 aromatic rings. The fourth-order valence-electron chi connectivity index (χ4n) is 3.84. The number of hydrogen-bond donors (Lipinski definition) is 0. The molecule has 6 heteroatoms. The normalized spacial score (nSPS) is 16.9. The van der Waals surface area contributed by atoms with Gasteiger partial charge in [0.05, 0.1) is 42.3 Å². The molecular formula is C25H26FN3O2. The number of carbonyl (C=O) groups is 1. The van der Waals surface area contributed by atoms with Gasteiger partial charge in [-0.2, -0.15) is 0 Å². The molecule has 1 amide bonds. The van der Waals surface area contributed by atoms with Crippen molar-refractivity contribution >= 4 is 5.91 Å². The van der Waals surface area contributed by atoms with E-state index >= 15 is 0 Å². The van der Waals surface area contributed by atoms with Gasteiger partial charge in [-0.05, 0) is 38.5 Å². The van der Waals surface area contributed by atoms with Gasteiger partial charge in [-0.1, -0.05) is 42.0 Å². The Bertz CT molecular complexity index is 1080. The second kappa shape index (κ2) is 8.55. The van der Waals surface area contributed by atoms with Crippen LogP contribution in [-0.2, 0) is 14.9 Å². The molecule has 0 N–H and O–H groups in total. The molecule has 160 valence electrons. The van der Waals surface area contributed by atoms with Gasteiger partial charge < -0.3 is 9.64 Å². The van der Waals surface area contributed by atoms with Crippen molar-refractivity contribution in [1.82, 2.24) is 14.9 Å². The molecule has 1 saturated heterocycles. The van der Waals surface area contributed by atoms with Crippen LogP contribution >= 0.6 is 0 Å². The number of benzene rings is 2. The van der Waals surface area contributed by atoms with E-state index in [4.69, 9.17) is 4.74 Å². The van der Waals surface area contributed by atoms with Crippen molar-refractivity contribution in [3.63, 3.8) is 0 Å². The lowest BCUT2D eigenvalue weighted by Gasteiger charge is -2.37. The molecule has 1 aliphatic heterocycles. The summed E-state index contributed by atoms with van der Waals surface area (Å²) in [5.41, 5.74) is 2.91. The van der Waals surface area contributed by atoms with E-state index in [2.05, 4.69) is 9.97 Å². The van der Waals surface area contributed by atoms with Crippen LogP contribution in [0.25, 0.3) is 11.3 Å². The number of nitrogens with zero attached hydrogens (tertiary/aromatic N) is 3. The van der Waals surface area contributed by atoms with E-state index < -0.39 is 11.5 Å². The SMILES string of the molecule is Cc1ccc(C(C)(C)C(=O)N2CCOC(c3cncc(-c4ccccc4F)n3)C2)cc1. The second-order valence-electron chi connectivity index (χ2n) is 8.41. The standard InChI is InChI=1S/C25H26FN3O2/c1-17-8-10-18(11-9-17)25(2,3)24(30)29-12-13-31-23(16-29)22-15-27-14-21(28-22)19-6-4-5-7-20(19)26/h4-11,14-15,23H,12-13,16H2,1-3H3. The largest absolute Gasteiger partial charge is 0.368 e. The van der Waals surface area contributed by atoms with Crippen molar-refractivity contribution in [3.05, 3.63) is 83.6 Å². The Labute approximate surface area is 181 Å². The summed E-state index contributed by atoms with van der Waals surface area (Å²) in [6, 6.07) is 14.5. The van der Waals surface area contributed by atoms with Gasteiger partial charge in [0.1, 0.15) is 11.9 Å². The highest BCUT2D eigenvalue weighted by Crippen LogP contribution is 2.30. The summed E-state index contributed by atoms with van der Waals surface area (Å²) in [5, 5.41) is 0. The number of halogens is 1. The van der Waals surface area contributed by atoms with E-state index in [9.17, 15) is 9.18 Å². The zero-order valence-electron chi connectivity index (χ0n) is 18.0. The summed E-state index contributed by atoms with van der Waals surface area (Å²) in [6.45, 7) is 7.23. The summed E-state index contributed by atoms with van der Waals surface area (Å²) in [7, 11) is 0. The Morgan fingerprint density at radius 1 is 1.13 bits per heavy atom. The summed E-state index contributed by atoms with van der Waals surface area (Å²) in [5.74, 6) is -0.307. The lowest BCUT2D eigenvalue weighted by molar-refractivity contribution is -0.144. The first-order valence-electron chi connectivity index (χ1n) is 10.4. The topological polar surface area (TPSA) is 55.3 Å². The number of hydrogen-bond acceptors (Lipinski definition) is 4. The van der Waals surface area contributed by atoms with Gasteiger partial charge in [-0.15, -0.1) is 0 Å². The van der Waals surface area contributed by atoms with Gasteiger partial charge in [-0.25, -0.2) is 9.37 Å². The zero-order valence-corrected chi connectivity index (χ0v) is 18.0. The van der Waals surface area contributed by atoms with Crippen LogP contribution in [0.4, 0.5) is 4.39 Å². The monoisotopic (exact) mass is 419 g/mol. The molecule has 0 bridgehead atoms. The molecule has 1 unspecified atom stereocenters. The minimum absolute atomic E-state index is 0.0443. The fourth-order valence-corrected chi connectivity index (χ4v) is 3.84. The van der Waals surface area contributed by atoms with Gasteiger partial charge in [0.2, 0.25) is 5.91 Å². The Morgan fingerprint density at radius 2 is 1.87 bits per heavy atom. The Kier molecular flexibility index (Phi) is 5.83. The Hall–Kier alpha value is -3.12. The van der Waals surface area contributed by atoms with Crippen LogP contribution in [-0.4, -0.2) is 40.5 Å². The van der Waals surface area contributed by atoms with Gasteiger partial charge in [0, 0.05) is 12.1 Å². The quantitative estimate of drug-likeness (QED) is 0.626. The van der Waals surface area contributed by atoms with Gasteiger partial charge in [0.25, 0.3) is 0 Å². The van der Waals surface area contributed by atoms with Crippen LogP contribution < -0.4 is 0 Å². The average Bonchev–Trinajstić information content (AvgIpc) is 2.79. The predicted octanol–water partition coefficient (Wildman–Crippen LogP) is 4.47. The van der Waals surface area contributed by atoms with Crippen molar-refractivity contribution < 1.29 is 13.9 Å². The predicted molar refractivity (Wildman–Crippen MR) is 117 cm³/mol. The highest BCUT2D eigenvalue weighted by Gasteiger charge is 2.36. The van der Waals surface area contributed by atoms with Gasteiger partial charge in [-0.3, -0.25) is 9.78 Å². The molecule has 0 saturated carbocycles. The molecule has 31 heavy (non-hydrogen) atoms. The van der Waals surface area contributed by atoms with Crippen molar-refractivity contribution in [2.45, 2.75) is 32.3 Å². The average molecular weight is 420 g/mol. The number of amides is 1. The molecule has 0 aliphatic carbocycles. The maximum atomic E-state index is 14.2. The highest BCUT2D eigenvalue weighted by molar-refractivity contribution is 5.87. The van der Waals surface area contributed by atoms with E-state index in [0.29, 0.717) is 36.6 Å².